The van der Waals surface area contributed by atoms with Gasteiger partial charge in [-0.2, -0.15) is 0 Å². The maximum atomic E-state index is 12.2. The molecule has 114 valence electrons. The molecule has 0 amide bonds. The fraction of sp³-hybridized carbons (Fsp3) is 0.562. The number of carbonyl (C=O) groups excluding carboxylic acids is 1. The molecule has 1 fully saturated rings. The van der Waals surface area contributed by atoms with Crippen LogP contribution in [0.25, 0.3) is 0 Å². The molecule has 1 atom stereocenters. The summed E-state index contributed by atoms with van der Waals surface area (Å²) in [6.07, 6.45) is 5.65. The molecule has 0 spiro atoms. The topological polar surface area (TPSA) is 56.8 Å². The summed E-state index contributed by atoms with van der Waals surface area (Å²) in [5.41, 5.74) is 1.31. The minimum absolute atomic E-state index is 0.353. The first-order valence-electron chi connectivity index (χ1n) is 7.46. The van der Waals surface area contributed by atoms with Gasteiger partial charge in [0, 0.05) is 11.6 Å². The number of ether oxygens (including phenoxy) is 3. The van der Waals surface area contributed by atoms with Gasteiger partial charge in [-0.3, -0.25) is 5.32 Å². The van der Waals surface area contributed by atoms with E-state index in [9.17, 15) is 4.79 Å². The van der Waals surface area contributed by atoms with Crippen LogP contribution in [0.15, 0.2) is 12.1 Å². The first-order valence-corrected chi connectivity index (χ1v) is 7.46. The van der Waals surface area contributed by atoms with Gasteiger partial charge in [-0.25, -0.2) is 4.79 Å². The average molecular weight is 291 g/mol. The van der Waals surface area contributed by atoms with Crippen molar-refractivity contribution in [1.29, 1.82) is 0 Å². The molecule has 21 heavy (non-hydrogen) atoms. The molecule has 1 heterocycles. The molecule has 0 bridgehead atoms. The van der Waals surface area contributed by atoms with Crippen molar-refractivity contribution >= 4 is 5.97 Å². The minimum Gasteiger partial charge on any atom is -0.493 e. The lowest BCUT2D eigenvalue weighted by atomic mass is 9.95. The van der Waals surface area contributed by atoms with E-state index >= 15 is 0 Å². The van der Waals surface area contributed by atoms with Gasteiger partial charge < -0.3 is 14.2 Å². The van der Waals surface area contributed by atoms with Crippen molar-refractivity contribution in [3.8, 4) is 11.5 Å². The van der Waals surface area contributed by atoms with E-state index in [-0.39, 0.29) is 12.2 Å². The van der Waals surface area contributed by atoms with Crippen LogP contribution >= 0.6 is 0 Å². The highest BCUT2D eigenvalue weighted by Gasteiger charge is 2.36. The lowest BCUT2D eigenvalue weighted by molar-refractivity contribution is 0.0260. The number of nitrogens with one attached hydrogen (secondary N) is 1. The van der Waals surface area contributed by atoms with Crippen molar-refractivity contribution in [1.82, 2.24) is 5.32 Å². The summed E-state index contributed by atoms with van der Waals surface area (Å²) < 4.78 is 16.1. The molecule has 1 aromatic rings. The Morgan fingerprint density at radius 3 is 2.57 bits per heavy atom. The Morgan fingerprint density at radius 1 is 1.14 bits per heavy atom. The van der Waals surface area contributed by atoms with E-state index in [4.69, 9.17) is 14.2 Å². The zero-order chi connectivity index (χ0) is 14.8. The molecule has 1 aromatic carbocycles. The van der Waals surface area contributed by atoms with Crippen molar-refractivity contribution in [2.45, 2.75) is 44.4 Å². The van der Waals surface area contributed by atoms with Crippen LogP contribution in [-0.4, -0.2) is 26.2 Å². The van der Waals surface area contributed by atoms with Gasteiger partial charge >= 0.3 is 5.97 Å². The maximum absolute atomic E-state index is 12.2. The number of methoxy groups -OCH3 is 2. The highest BCUT2D eigenvalue weighted by Crippen LogP contribution is 2.41. The Hall–Kier alpha value is -1.75. The molecule has 1 saturated carbocycles. The predicted molar refractivity (Wildman–Crippen MR) is 77.7 cm³/mol. The Labute approximate surface area is 124 Å². The monoisotopic (exact) mass is 291 g/mol. The van der Waals surface area contributed by atoms with Gasteiger partial charge in [0.25, 0.3) is 0 Å². The lowest BCUT2D eigenvalue weighted by Gasteiger charge is -2.26. The van der Waals surface area contributed by atoms with Crippen molar-refractivity contribution in [2.75, 3.05) is 14.2 Å². The number of cyclic esters (lactones) is 1. The van der Waals surface area contributed by atoms with Crippen molar-refractivity contribution in [3.05, 3.63) is 23.3 Å². The Kier molecular flexibility index (Phi) is 4.01. The Morgan fingerprint density at radius 2 is 1.90 bits per heavy atom. The molecule has 1 aliphatic carbocycles. The third kappa shape index (κ3) is 2.58. The summed E-state index contributed by atoms with van der Waals surface area (Å²) in [6, 6.07) is 4.10. The summed E-state index contributed by atoms with van der Waals surface area (Å²) in [5, 5.41) is 3.45. The van der Waals surface area contributed by atoms with Crippen molar-refractivity contribution < 1.29 is 19.0 Å². The van der Waals surface area contributed by atoms with Gasteiger partial charge in [0.2, 0.25) is 0 Å². The van der Waals surface area contributed by atoms with Crippen LogP contribution in [0.2, 0.25) is 0 Å². The van der Waals surface area contributed by atoms with E-state index in [1.54, 1.807) is 7.11 Å². The fourth-order valence-electron chi connectivity index (χ4n) is 3.21. The Balaban J connectivity index is 1.87. The maximum Gasteiger partial charge on any atom is 0.344 e. The van der Waals surface area contributed by atoms with Gasteiger partial charge in [0.05, 0.1) is 14.2 Å². The van der Waals surface area contributed by atoms with Crippen LogP contribution in [0.3, 0.4) is 0 Å². The van der Waals surface area contributed by atoms with Gasteiger partial charge in [0.15, 0.2) is 17.7 Å². The molecule has 0 radical (unpaired) electrons. The highest BCUT2D eigenvalue weighted by molar-refractivity contribution is 5.98. The number of benzene rings is 1. The first kappa shape index (κ1) is 14.2. The normalized spacial score (nSPS) is 21.8. The summed E-state index contributed by atoms with van der Waals surface area (Å²) >= 11 is 0. The number of hydrogen-bond donors (Lipinski definition) is 1. The Bertz CT molecular complexity index is 537. The standard InChI is InChI=1S/C16H21NO4/c1-19-12-9-8-11-13(14(12)20-2)16(18)21-15(11)17-10-6-4-3-5-7-10/h8-10,15,17H,3-7H2,1-2H3/t15-/m1/s1. The molecule has 3 rings (SSSR count). The number of hydrogen-bond acceptors (Lipinski definition) is 5. The zero-order valence-corrected chi connectivity index (χ0v) is 12.5. The second-order valence-electron chi connectivity index (χ2n) is 5.55. The van der Waals surface area contributed by atoms with Crippen LogP contribution in [0, 0.1) is 0 Å². The highest BCUT2D eigenvalue weighted by atomic mass is 16.6. The third-order valence-corrected chi connectivity index (χ3v) is 4.28. The first-order chi connectivity index (χ1) is 10.2. The molecular weight excluding hydrogens is 270 g/mol. The molecule has 5 heteroatoms. The number of fused-ring (bicyclic) bond motifs is 1. The van der Waals surface area contributed by atoms with Crippen molar-refractivity contribution in [2.24, 2.45) is 0 Å². The van der Waals surface area contributed by atoms with Crippen LogP contribution < -0.4 is 14.8 Å². The minimum atomic E-state index is -0.379. The third-order valence-electron chi connectivity index (χ3n) is 4.28. The van der Waals surface area contributed by atoms with E-state index in [1.165, 1.54) is 26.4 Å². The van der Waals surface area contributed by atoms with Gasteiger partial charge in [-0.05, 0) is 25.0 Å². The zero-order valence-electron chi connectivity index (χ0n) is 12.5. The molecule has 1 N–H and O–H groups in total. The number of carbonyl (C=O) groups is 1. The summed E-state index contributed by atoms with van der Waals surface area (Å²) in [4.78, 5) is 12.2. The summed E-state index contributed by atoms with van der Waals surface area (Å²) in [5.74, 6) is 0.647. The van der Waals surface area contributed by atoms with E-state index in [0.29, 0.717) is 23.1 Å². The molecule has 2 aliphatic rings. The quantitative estimate of drug-likeness (QED) is 0.864. The summed E-state index contributed by atoms with van der Waals surface area (Å²) in [7, 11) is 3.09. The molecule has 0 unspecified atom stereocenters. The molecule has 0 aromatic heterocycles. The lowest BCUT2D eigenvalue weighted by Crippen LogP contribution is -2.34. The fourth-order valence-corrected chi connectivity index (χ4v) is 3.21. The van der Waals surface area contributed by atoms with Crippen LogP contribution in [0.4, 0.5) is 0 Å². The molecule has 1 aliphatic heterocycles. The molecular formula is C16H21NO4. The van der Waals surface area contributed by atoms with Crippen LogP contribution in [-0.2, 0) is 4.74 Å². The van der Waals surface area contributed by atoms with E-state index in [2.05, 4.69) is 5.32 Å². The van der Waals surface area contributed by atoms with E-state index < -0.39 is 0 Å². The largest absolute Gasteiger partial charge is 0.493 e. The number of esters is 1. The SMILES string of the molecule is COc1ccc2c(c1OC)C(=O)O[C@H]2NC1CCCCC1. The second-order valence-corrected chi connectivity index (χ2v) is 5.55. The van der Waals surface area contributed by atoms with E-state index in [1.807, 2.05) is 12.1 Å². The van der Waals surface area contributed by atoms with Crippen molar-refractivity contribution in [3.63, 3.8) is 0 Å². The van der Waals surface area contributed by atoms with Crippen LogP contribution in [0.1, 0.15) is 54.3 Å². The molecule has 0 saturated heterocycles. The number of rotatable bonds is 4. The van der Waals surface area contributed by atoms with E-state index in [0.717, 1.165) is 18.4 Å². The smallest absolute Gasteiger partial charge is 0.344 e. The average Bonchev–Trinajstić information content (AvgIpc) is 2.83. The van der Waals surface area contributed by atoms with Crippen LogP contribution in [0.5, 0.6) is 11.5 Å². The predicted octanol–water partition coefficient (Wildman–Crippen LogP) is 2.80. The summed E-state index contributed by atoms with van der Waals surface area (Å²) in [6.45, 7) is 0. The molecule has 5 nitrogen and oxygen atoms in total. The van der Waals surface area contributed by atoms with Gasteiger partial charge in [-0.15, -0.1) is 0 Å². The van der Waals surface area contributed by atoms with Gasteiger partial charge in [0.1, 0.15) is 5.56 Å². The van der Waals surface area contributed by atoms with Gasteiger partial charge in [-0.1, -0.05) is 19.3 Å². The second kappa shape index (κ2) is 5.93.